The predicted molar refractivity (Wildman–Crippen MR) is 72.9 cm³/mol. The number of aromatic amines is 1. The molecule has 20 heavy (non-hydrogen) atoms. The molecule has 0 radical (unpaired) electrons. The summed E-state index contributed by atoms with van der Waals surface area (Å²) in [6, 6.07) is -0.351. The third kappa shape index (κ3) is 2.19. The fraction of sp³-hybridized carbons (Fsp3) is 0.643. The summed E-state index contributed by atoms with van der Waals surface area (Å²) in [7, 11) is 0. The molecule has 3 heterocycles. The molecule has 0 saturated carbocycles. The molecular weight excluding hydrogens is 256 g/mol. The van der Waals surface area contributed by atoms with E-state index in [0.717, 1.165) is 30.1 Å². The third-order valence-corrected chi connectivity index (χ3v) is 4.20. The molecule has 1 fully saturated rings. The number of imidazole rings is 1. The van der Waals surface area contributed by atoms with Gasteiger partial charge in [-0.3, -0.25) is 9.59 Å². The zero-order valence-corrected chi connectivity index (χ0v) is 12.0. The maximum absolute atomic E-state index is 12.5. The topological polar surface area (TPSA) is 69.3 Å². The van der Waals surface area contributed by atoms with E-state index >= 15 is 0 Å². The van der Waals surface area contributed by atoms with Gasteiger partial charge in [0.05, 0.1) is 17.9 Å². The number of nitrogens with zero attached hydrogens (tertiary/aromatic N) is 3. The fourth-order valence-corrected chi connectivity index (χ4v) is 3.10. The highest BCUT2D eigenvalue weighted by molar-refractivity contribution is 5.88. The molecule has 6 heteroatoms. The van der Waals surface area contributed by atoms with Gasteiger partial charge in [0.2, 0.25) is 11.8 Å². The summed E-state index contributed by atoms with van der Waals surface area (Å²) in [5.41, 5.74) is 2.10. The summed E-state index contributed by atoms with van der Waals surface area (Å²) < 4.78 is 0. The number of fused-ring (bicyclic) bond motifs is 1. The van der Waals surface area contributed by atoms with Gasteiger partial charge in [-0.2, -0.15) is 0 Å². The molecule has 1 unspecified atom stereocenters. The first-order valence-electron chi connectivity index (χ1n) is 7.19. The Labute approximate surface area is 118 Å². The Morgan fingerprint density at radius 3 is 2.85 bits per heavy atom. The zero-order chi connectivity index (χ0) is 14.3. The van der Waals surface area contributed by atoms with Gasteiger partial charge in [0, 0.05) is 25.9 Å². The first-order valence-corrected chi connectivity index (χ1v) is 7.19. The van der Waals surface area contributed by atoms with Crippen molar-refractivity contribution >= 4 is 11.8 Å². The van der Waals surface area contributed by atoms with Gasteiger partial charge in [0.1, 0.15) is 11.9 Å². The van der Waals surface area contributed by atoms with Crippen LogP contribution in [0.1, 0.15) is 37.0 Å². The summed E-state index contributed by atoms with van der Waals surface area (Å²) in [5, 5.41) is 0. The van der Waals surface area contributed by atoms with Crippen LogP contribution in [0.15, 0.2) is 0 Å². The molecular formula is C14H20N4O2. The summed E-state index contributed by atoms with van der Waals surface area (Å²) in [6.07, 6.45) is 2.22. The lowest BCUT2D eigenvalue weighted by Gasteiger charge is -2.32. The third-order valence-electron chi connectivity index (χ3n) is 4.20. The number of hydrogen-bond donors (Lipinski definition) is 1. The van der Waals surface area contributed by atoms with E-state index in [1.807, 2.05) is 18.7 Å². The Bertz CT molecular complexity index is 551. The molecule has 1 aromatic heterocycles. The molecule has 1 atom stereocenters. The smallest absolute Gasteiger partial charge is 0.245 e. The van der Waals surface area contributed by atoms with Gasteiger partial charge in [-0.1, -0.05) is 0 Å². The van der Waals surface area contributed by atoms with Crippen molar-refractivity contribution in [3.63, 3.8) is 0 Å². The first-order chi connectivity index (χ1) is 9.56. The van der Waals surface area contributed by atoms with E-state index in [2.05, 4.69) is 9.97 Å². The Morgan fingerprint density at radius 2 is 2.15 bits per heavy atom. The molecule has 108 valence electrons. The lowest BCUT2D eigenvalue weighted by atomic mass is 10.1. The maximum Gasteiger partial charge on any atom is 0.245 e. The Balaban J connectivity index is 1.70. The van der Waals surface area contributed by atoms with E-state index in [-0.39, 0.29) is 17.9 Å². The van der Waals surface area contributed by atoms with Crippen molar-refractivity contribution in [2.75, 3.05) is 13.1 Å². The van der Waals surface area contributed by atoms with Gasteiger partial charge in [-0.05, 0) is 20.3 Å². The molecule has 1 aromatic rings. The van der Waals surface area contributed by atoms with E-state index in [1.54, 1.807) is 4.90 Å². The van der Waals surface area contributed by atoms with Crippen molar-refractivity contribution in [1.29, 1.82) is 0 Å². The summed E-state index contributed by atoms with van der Waals surface area (Å²) in [6.45, 7) is 5.72. The number of amides is 2. The highest BCUT2D eigenvalue weighted by Gasteiger charge is 2.33. The number of H-pyrrole nitrogens is 1. The van der Waals surface area contributed by atoms with E-state index in [4.69, 9.17) is 0 Å². The van der Waals surface area contributed by atoms with E-state index in [9.17, 15) is 9.59 Å². The van der Waals surface area contributed by atoms with Crippen molar-refractivity contribution in [3.05, 3.63) is 17.2 Å². The number of aryl methyl sites for hydroxylation is 1. The molecule has 2 amide bonds. The van der Waals surface area contributed by atoms with Crippen LogP contribution in [0.2, 0.25) is 0 Å². The minimum absolute atomic E-state index is 0.0400. The zero-order valence-electron chi connectivity index (χ0n) is 12.0. The largest absolute Gasteiger partial charge is 0.344 e. The monoisotopic (exact) mass is 276 g/mol. The molecule has 2 aliphatic heterocycles. The number of hydrogen-bond acceptors (Lipinski definition) is 3. The molecule has 0 aliphatic carbocycles. The molecule has 1 saturated heterocycles. The second kappa shape index (κ2) is 4.92. The summed E-state index contributed by atoms with van der Waals surface area (Å²) in [5.74, 6) is 1.03. The fourth-order valence-electron chi connectivity index (χ4n) is 3.10. The first kappa shape index (κ1) is 13.1. The number of nitrogens with one attached hydrogen (secondary N) is 1. The molecule has 0 spiro atoms. The van der Waals surface area contributed by atoms with Crippen LogP contribution in [0.4, 0.5) is 0 Å². The standard InChI is InChI=1S/C14H20N4O2/c1-9(18-6-3-4-13(18)19)14(20)17-7-5-11-12(8-17)16-10(2)15-11/h9H,3-8H2,1-2H3,(H,15,16). The van der Waals surface area contributed by atoms with Gasteiger partial charge >= 0.3 is 0 Å². The minimum atomic E-state index is -0.351. The van der Waals surface area contributed by atoms with E-state index in [0.29, 0.717) is 26.1 Å². The number of rotatable bonds is 2. The van der Waals surface area contributed by atoms with Gasteiger partial charge in [0.25, 0.3) is 0 Å². The molecule has 0 aromatic carbocycles. The van der Waals surface area contributed by atoms with Crippen LogP contribution in [0.25, 0.3) is 0 Å². The summed E-state index contributed by atoms with van der Waals surface area (Å²) >= 11 is 0. The lowest BCUT2D eigenvalue weighted by molar-refractivity contribution is -0.143. The van der Waals surface area contributed by atoms with Crippen molar-refractivity contribution in [2.24, 2.45) is 0 Å². The average Bonchev–Trinajstić information content (AvgIpc) is 3.00. The van der Waals surface area contributed by atoms with Crippen molar-refractivity contribution in [1.82, 2.24) is 19.8 Å². The van der Waals surface area contributed by atoms with Crippen LogP contribution in [0.3, 0.4) is 0 Å². The Morgan fingerprint density at radius 1 is 1.35 bits per heavy atom. The SMILES string of the molecule is Cc1nc2c([nH]1)CN(C(=O)C(C)N1CCCC1=O)CC2. The highest BCUT2D eigenvalue weighted by Crippen LogP contribution is 2.20. The van der Waals surface area contributed by atoms with Gasteiger partial charge in [-0.25, -0.2) is 4.98 Å². The quantitative estimate of drug-likeness (QED) is 0.860. The van der Waals surface area contributed by atoms with Crippen LogP contribution in [-0.2, 0) is 22.6 Å². The van der Waals surface area contributed by atoms with Crippen LogP contribution in [-0.4, -0.2) is 50.7 Å². The van der Waals surface area contributed by atoms with E-state index in [1.165, 1.54) is 0 Å². The van der Waals surface area contributed by atoms with E-state index < -0.39 is 0 Å². The summed E-state index contributed by atoms with van der Waals surface area (Å²) in [4.78, 5) is 35.5. The predicted octanol–water partition coefficient (Wildman–Crippen LogP) is 0.614. The van der Waals surface area contributed by atoms with Crippen LogP contribution in [0, 0.1) is 6.92 Å². The second-order valence-corrected chi connectivity index (χ2v) is 5.62. The normalized spacial score (nSPS) is 20.2. The van der Waals surface area contributed by atoms with Crippen LogP contribution >= 0.6 is 0 Å². The number of carbonyl (C=O) groups excluding carboxylic acids is 2. The number of aromatic nitrogens is 2. The Hall–Kier alpha value is -1.85. The molecule has 1 N–H and O–H groups in total. The highest BCUT2D eigenvalue weighted by atomic mass is 16.2. The lowest BCUT2D eigenvalue weighted by Crippen LogP contribution is -2.49. The molecule has 2 aliphatic rings. The van der Waals surface area contributed by atoms with Crippen LogP contribution < -0.4 is 0 Å². The van der Waals surface area contributed by atoms with Gasteiger partial charge in [0.15, 0.2) is 0 Å². The second-order valence-electron chi connectivity index (χ2n) is 5.62. The van der Waals surface area contributed by atoms with Crippen molar-refractivity contribution < 1.29 is 9.59 Å². The number of likely N-dealkylation sites (tertiary alicyclic amines) is 1. The maximum atomic E-state index is 12.5. The van der Waals surface area contributed by atoms with Crippen molar-refractivity contribution in [2.45, 2.75) is 45.7 Å². The molecule has 6 nitrogen and oxygen atoms in total. The van der Waals surface area contributed by atoms with Crippen LogP contribution in [0.5, 0.6) is 0 Å². The molecule has 3 rings (SSSR count). The van der Waals surface area contributed by atoms with Crippen molar-refractivity contribution in [3.8, 4) is 0 Å². The van der Waals surface area contributed by atoms with Gasteiger partial charge < -0.3 is 14.8 Å². The van der Waals surface area contributed by atoms with Gasteiger partial charge in [-0.15, -0.1) is 0 Å². The number of carbonyl (C=O) groups is 2. The Kier molecular flexibility index (Phi) is 3.23. The molecule has 0 bridgehead atoms. The average molecular weight is 276 g/mol. The minimum Gasteiger partial charge on any atom is -0.344 e.